The molecule has 1 aliphatic heterocycles. The molecule has 0 saturated heterocycles. The standard InChI is InChI=1S/C26H30N4O2/c1-17-6-5-7-21(13-17)14-29-11-10-24-22(15-29)26(32)30(20(4)27-24)16-25(31)28-23-9-8-18(2)12-19(23)3/h5-9,12-13H,10-11,14-16H2,1-4H3,(H,28,31). The molecule has 0 fully saturated rings. The van der Waals surface area contributed by atoms with Gasteiger partial charge in [-0.3, -0.25) is 19.1 Å². The number of hydrogen-bond donors (Lipinski definition) is 1. The predicted octanol–water partition coefficient (Wildman–Crippen LogP) is 3.67. The normalized spacial score (nSPS) is 13.6. The fraction of sp³-hybridized carbons (Fsp3) is 0.346. The van der Waals surface area contributed by atoms with Gasteiger partial charge in [0.05, 0.1) is 11.3 Å². The first-order chi connectivity index (χ1) is 15.3. The van der Waals surface area contributed by atoms with Crippen molar-refractivity contribution in [2.75, 3.05) is 11.9 Å². The highest BCUT2D eigenvalue weighted by atomic mass is 16.2. The minimum Gasteiger partial charge on any atom is -0.324 e. The summed E-state index contributed by atoms with van der Waals surface area (Å²) in [6.45, 7) is 10.0. The number of fused-ring (bicyclic) bond motifs is 1. The summed E-state index contributed by atoms with van der Waals surface area (Å²) in [7, 11) is 0. The van der Waals surface area contributed by atoms with E-state index in [-0.39, 0.29) is 18.0 Å². The Morgan fingerprint density at radius 3 is 2.59 bits per heavy atom. The van der Waals surface area contributed by atoms with E-state index in [0.29, 0.717) is 17.9 Å². The predicted molar refractivity (Wildman–Crippen MR) is 127 cm³/mol. The maximum Gasteiger partial charge on any atom is 0.258 e. The second-order valence-electron chi connectivity index (χ2n) is 8.79. The zero-order valence-corrected chi connectivity index (χ0v) is 19.2. The number of nitrogens with zero attached hydrogens (tertiary/aromatic N) is 3. The molecule has 2 heterocycles. The third-order valence-electron chi connectivity index (χ3n) is 6.03. The Hall–Kier alpha value is -3.25. The molecule has 0 atom stereocenters. The Kier molecular flexibility index (Phi) is 6.24. The van der Waals surface area contributed by atoms with Gasteiger partial charge < -0.3 is 5.32 Å². The van der Waals surface area contributed by atoms with Gasteiger partial charge in [-0.2, -0.15) is 0 Å². The van der Waals surface area contributed by atoms with E-state index in [0.717, 1.165) is 42.0 Å². The molecule has 2 aromatic carbocycles. The highest BCUT2D eigenvalue weighted by Crippen LogP contribution is 2.19. The average molecular weight is 431 g/mol. The van der Waals surface area contributed by atoms with E-state index in [1.807, 2.05) is 32.0 Å². The number of nitrogens with one attached hydrogen (secondary N) is 1. The van der Waals surface area contributed by atoms with Gasteiger partial charge in [0.15, 0.2) is 0 Å². The van der Waals surface area contributed by atoms with Gasteiger partial charge in [0, 0.05) is 31.7 Å². The van der Waals surface area contributed by atoms with Gasteiger partial charge in [0.25, 0.3) is 5.56 Å². The van der Waals surface area contributed by atoms with Crippen molar-refractivity contribution in [3.05, 3.63) is 92.2 Å². The molecule has 0 saturated carbocycles. The molecule has 6 nitrogen and oxygen atoms in total. The van der Waals surface area contributed by atoms with Crippen molar-refractivity contribution in [3.8, 4) is 0 Å². The fourth-order valence-corrected chi connectivity index (χ4v) is 4.37. The Balaban J connectivity index is 1.52. The molecule has 1 aromatic heterocycles. The van der Waals surface area contributed by atoms with E-state index in [1.54, 1.807) is 6.92 Å². The summed E-state index contributed by atoms with van der Waals surface area (Å²) in [5.41, 5.74) is 6.82. The maximum absolute atomic E-state index is 13.3. The molecule has 0 aliphatic carbocycles. The number of rotatable bonds is 5. The number of aromatic nitrogens is 2. The number of aryl methyl sites for hydroxylation is 4. The van der Waals surface area contributed by atoms with Crippen molar-refractivity contribution < 1.29 is 4.79 Å². The molecule has 1 amide bonds. The molecule has 3 aromatic rings. The van der Waals surface area contributed by atoms with Crippen molar-refractivity contribution in [2.24, 2.45) is 0 Å². The minimum atomic E-state index is -0.226. The first-order valence-corrected chi connectivity index (χ1v) is 11.0. The molecule has 0 radical (unpaired) electrons. The molecule has 0 spiro atoms. The number of amides is 1. The number of hydrogen-bond acceptors (Lipinski definition) is 4. The van der Waals surface area contributed by atoms with E-state index in [2.05, 4.69) is 46.4 Å². The summed E-state index contributed by atoms with van der Waals surface area (Å²) >= 11 is 0. The zero-order chi connectivity index (χ0) is 22.8. The van der Waals surface area contributed by atoms with Crippen LogP contribution in [0.1, 0.15) is 39.3 Å². The van der Waals surface area contributed by atoms with Crippen molar-refractivity contribution in [3.63, 3.8) is 0 Å². The van der Waals surface area contributed by atoms with E-state index in [1.165, 1.54) is 15.7 Å². The van der Waals surface area contributed by atoms with Gasteiger partial charge in [-0.15, -0.1) is 0 Å². The summed E-state index contributed by atoms with van der Waals surface area (Å²) in [4.78, 5) is 33.0. The van der Waals surface area contributed by atoms with Crippen molar-refractivity contribution in [1.82, 2.24) is 14.5 Å². The lowest BCUT2D eigenvalue weighted by Gasteiger charge is -2.28. The van der Waals surface area contributed by atoms with Crippen molar-refractivity contribution in [2.45, 2.75) is 53.8 Å². The van der Waals surface area contributed by atoms with Gasteiger partial charge in [-0.05, 0) is 44.9 Å². The highest BCUT2D eigenvalue weighted by molar-refractivity contribution is 5.91. The Bertz CT molecular complexity index is 1230. The van der Waals surface area contributed by atoms with Crippen LogP contribution in [-0.4, -0.2) is 26.9 Å². The van der Waals surface area contributed by atoms with Crippen LogP contribution in [0.4, 0.5) is 5.69 Å². The third-order valence-corrected chi connectivity index (χ3v) is 6.03. The lowest BCUT2D eigenvalue weighted by atomic mass is 10.0. The number of benzene rings is 2. The summed E-state index contributed by atoms with van der Waals surface area (Å²) in [6.07, 6.45) is 0.743. The lowest BCUT2D eigenvalue weighted by molar-refractivity contribution is -0.116. The highest BCUT2D eigenvalue weighted by Gasteiger charge is 2.23. The van der Waals surface area contributed by atoms with Crippen LogP contribution in [0.2, 0.25) is 0 Å². The van der Waals surface area contributed by atoms with Gasteiger partial charge in [0.1, 0.15) is 12.4 Å². The monoisotopic (exact) mass is 430 g/mol. The van der Waals surface area contributed by atoms with Crippen molar-refractivity contribution >= 4 is 11.6 Å². The number of carbonyl (C=O) groups excluding carboxylic acids is 1. The number of anilines is 1. The smallest absolute Gasteiger partial charge is 0.258 e. The minimum absolute atomic E-state index is 0.0455. The van der Waals surface area contributed by atoms with Gasteiger partial charge in [-0.1, -0.05) is 47.5 Å². The van der Waals surface area contributed by atoms with Crippen LogP contribution in [0.25, 0.3) is 0 Å². The maximum atomic E-state index is 13.3. The summed E-state index contributed by atoms with van der Waals surface area (Å²) in [5, 5.41) is 2.93. The van der Waals surface area contributed by atoms with Crippen LogP contribution in [0, 0.1) is 27.7 Å². The van der Waals surface area contributed by atoms with Gasteiger partial charge in [0.2, 0.25) is 5.91 Å². The Morgan fingerprint density at radius 2 is 1.84 bits per heavy atom. The van der Waals surface area contributed by atoms with E-state index < -0.39 is 0 Å². The molecule has 4 rings (SSSR count). The second kappa shape index (κ2) is 9.09. The quantitative estimate of drug-likeness (QED) is 0.671. The van der Waals surface area contributed by atoms with Crippen LogP contribution >= 0.6 is 0 Å². The van der Waals surface area contributed by atoms with Gasteiger partial charge in [-0.25, -0.2) is 4.98 Å². The molecule has 1 N–H and O–H groups in total. The summed E-state index contributed by atoms with van der Waals surface area (Å²) < 4.78 is 1.49. The zero-order valence-electron chi connectivity index (χ0n) is 19.2. The molecule has 32 heavy (non-hydrogen) atoms. The number of carbonyl (C=O) groups is 1. The SMILES string of the molecule is Cc1cccc(CN2CCc3nc(C)n(CC(=O)Nc4ccc(C)cc4C)c(=O)c3C2)c1. The molecular formula is C26H30N4O2. The Labute approximate surface area is 188 Å². The average Bonchev–Trinajstić information content (AvgIpc) is 2.74. The first-order valence-electron chi connectivity index (χ1n) is 11.0. The van der Waals surface area contributed by atoms with Gasteiger partial charge >= 0.3 is 0 Å². The van der Waals surface area contributed by atoms with E-state index in [9.17, 15) is 9.59 Å². The first kappa shape index (κ1) is 22.0. The molecule has 6 heteroatoms. The molecule has 1 aliphatic rings. The molecule has 0 unspecified atom stereocenters. The van der Waals surface area contributed by atoms with E-state index >= 15 is 0 Å². The lowest BCUT2D eigenvalue weighted by Crippen LogP contribution is -2.40. The molecule has 166 valence electrons. The van der Waals surface area contributed by atoms with E-state index in [4.69, 9.17) is 0 Å². The second-order valence-corrected chi connectivity index (χ2v) is 8.79. The topological polar surface area (TPSA) is 67.2 Å². The Morgan fingerprint density at radius 1 is 1.06 bits per heavy atom. The summed E-state index contributed by atoms with van der Waals surface area (Å²) in [5.74, 6) is 0.355. The van der Waals surface area contributed by atoms with Crippen LogP contribution in [0.5, 0.6) is 0 Å². The van der Waals surface area contributed by atoms with Crippen LogP contribution < -0.4 is 10.9 Å². The largest absolute Gasteiger partial charge is 0.324 e. The summed E-state index contributed by atoms with van der Waals surface area (Å²) in [6, 6.07) is 14.3. The van der Waals surface area contributed by atoms with Crippen molar-refractivity contribution in [1.29, 1.82) is 0 Å². The third kappa shape index (κ3) is 4.81. The van der Waals surface area contributed by atoms with Crippen LogP contribution in [0.15, 0.2) is 47.3 Å². The van der Waals surface area contributed by atoms with Crippen LogP contribution in [0.3, 0.4) is 0 Å². The van der Waals surface area contributed by atoms with Crippen LogP contribution in [-0.2, 0) is 30.8 Å². The molecular weight excluding hydrogens is 400 g/mol. The molecule has 0 bridgehead atoms. The fourth-order valence-electron chi connectivity index (χ4n) is 4.37.